The van der Waals surface area contributed by atoms with Crippen LogP contribution in [0.2, 0.25) is 19.6 Å². The average Bonchev–Trinajstić information content (AvgIpc) is 2.95. The maximum absolute atomic E-state index is 12.2. The number of hydrogen-bond acceptors (Lipinski definition) is 7. The first-order valence-corrected chi connectivity index (χ1v) is 13.9. The third-order valence-electron chi connectivity index (χ3n) is 4.16. The number of benzene rings is 1. The summed E-state index contributed by atoms with van der Waals surface area (Å²) in [5.41, 5.74) is 0.908. The fourth-order valence-corrected chi connectivity index (χ4v) is 3.42. The number of amides is 2. The van der Waals surface area contributed by atoms with Crippen LogP contribution in [-0.4, -0.2) is 90.6 Å². The molecule has 1 aromatic rings. The van der Waals surface area contributed by atoms with Gasteiger partial charge in [0.05, 0.1) is 72.0 Å². The van der Waals surface area contributed by atoms with Crippen LogP contribution >= 0.6 is 0 Å². The van der Waals surface area contributed by atoms with Crippen molar-refractivity contribution in [2.75, 3.05) is 65.8 Å². The van der Waals surface area contributed by atoms with Crippen molar-refractivity contribution in [3.05, 3.63) is 35.4 Å². The van der Waals surface area contributed by atoms with Gasteiger partial charge in [0.15, 0.2) is 0 Å². The Bertz CT molecular complexity index is 643. The molecule has 1 aliphatic rings. The first-order valence-electron chi connectivity index (χ1n) is 10.2. The van der Waals surface area contributed by atoms with E-state index in [1.165, 1.54) is 4.90 Å². The summed E-state index contributed by atoms with van der Waals surface area (Å²) in [6, 6.07) is 6.84. The van der Waals surface area contributed by atoms with Crippen molar-refractivity contribution in [1.29, 1.82) is 0 Å². The Morgan fingerprint density at radius 1 is 0.700 bits per heavy atom. The number of hydrogen-bond donors (Lipinski definition) is 0. The standard InChI is InChI=1S/C21H33NO7Si/c1-30(2,3)17-29-16-28-15-14-27-13-12-26-11-10-25-9-8-22-20(23)18-6-4-5-7-19(18)21(22)24/h4-7H,8-17H2,1-3H3. The van der Waals surface area contributed by atoms with Gasteiger partial charge in [-0.2, -0.15) is 0 Å². The Labute approximate surface area is 179 Å². The van der Waals surface area contributed by atoms with Crippen LogP contribution in [0.25, 0.3) is 0 Å². The molecule has 0 saturated heterocycles. The molecule has 1 aliphatic heterocycles. The molecule has 0 N–H and O–H groups in total. The molecule has 0 spiro atoms. The number of ether oxygens (including phenoxy) is 5. The monoisotopic (exact) mass is 439 g/mol. The van der Waals surface area contributed by atoms with Crippen molar-refractivity contribution in [2.24, 2.45) is 0 Å². The highest BCUT2D eigenvalue weighted by molar-refractivity contribution is 6.76. The van der Waals surface area contributed by atoms with E-state index in [-0.39, 0.29) is 25.0 Å². The zero-order valence-corrected chi connectivity index (χ0v) is 19.2. The molecule has 2 rings (SSSR count). The molecule has 0 aliphatic carbocycles. The highest BCUT2D eigenvalue weighted by atomic mass is 28.3. The van der Waals surface area contributed by atoms with E-state index in [2.05, 4.69) is 19.6 Å². The molecule has 168 valence electrons. The topological polar surface area (TPSA) is 83.5 Å². The fraction of sp³-hybridized carbons (Fsp3) is 0.619. The second-order valence-electron chi connectivity index (χ2n) is 8.08. The second kappa shape index (κ2) is 12.9. The molecule has 0 radical (unpaired) electrons. The van der Waals surface area contributed by atoms with Crippen molar-refractivity contribution in [2.45, 2.75) is 19.6 Å². The maximum atomic E-state index is 12.2. The van der Waals surface area contributed by atoms with Gasteiger partial charge < -0.3 is 23.7 Å². The molecule has 1 heterocycles. The number of carbonyl (C=O) groups is 2. The fourth-order valence-electron chi connectivity index (χ4n) is 2.72. The predicted octanol–water partition coefficient (Wildman–Crippen LogP) is 2.20. The molecule has 1 aromatic carbocycles. The van der Waals surface area contributed by atoms with Crippen molar-refractivity contribution in [3.63, 3.8) is 0 Å². The van der Waals surface area contributed by atoms with Gasteiger partial charge in [0, 0.05) is 6.23 Å². The van der Waals surface area contributed by atoms with Gasteiger partial charge in [-0.3, -0.25) is 14.5 Å². The van der Waals surface area contributed by atoms with Crippen LogP contribution in [0.5, 0.6) is 0 Å². The summed E-state index contributed by atoms with van der Waals surface area (Å²) in [6.07, 6.45) is 0.794. The number of imide groups is 1. The summed E-state index contributed by atoms with van der Waals surface area (Å²) in [5, 5.41) is 0. The van der Waals surface area contributed by atoms with Crippen LogP contribution < -0.4 is 0 Å². The van der Waals surface area contributed by atoms with Gasteiger partial charge in [-0.25, -0.2) is 0 Å². The highest BCUT2D eigenvalue weighted by Gasteiger charge is 2.34. The average molecular weight is 440 g/mol. The number of nitrogens with zero attached hydrogens (tertiary/aromatic N) is 1. The SMILES string of the molecule is C[Si](C)(C)COCOCCOCCOCCOCCN1C(=O)c2ccccc2C1=O. The quantitative estimate of drug-likeness (QED) is 0.169. The lowest BCUT2D eigenvalue weighted by atomic mass is 10.1. The smallest absolute Gasteiger partial charge is 0.261 e. The van der Waals surface area contributed by atoms with Gasteiger partial charge >= 0.3 is 0 Å². The van der Waals surface area contributed by atoms with Crippen LogP contribution in [0, 0.1) is 0 Å². The Morgan fingerprint density at radius 2 is 1.17 bits per heavy atom. The lowest BCUT2D eigenvalue weighted by Crippen LogP contribution is -2.33. The van der Waals surface area contributed by atoms with Gasteiger partial charge in [-0.1, -0.05) is 31.8 Å². The van der Waals surface area contributed by atoms with Crippen LogP contribution in [0.15, 0.2) is 24.3 Å². The first-order chi connectivity index (χ1) is 14.4. The third-order valence-corrected chi connectivity index (χ3v) is 5.23. The van der Waals surface area contributed by atoms with Gasteiger partial charge in [-0.05, 0) is 12.1 Å². The predicted molar refractivity (Wildman–Crippen MR) is 114 cm³/mol. The van der Waals surface area contributed by atoms with E-state index < -0.39 is 8.07 Å². The van der Waals surface area contributed by atoms with Crippen LogP contribution in [-0.2, 0) is 23.7 Å². The molecule has 0 fully saturated rings. The van der Waals surface area contributed by atoms with E-state index in [1.807, 2.05) is 0 Å². The van der Waals surface area contributed by atoms with Crippen LogP contribution in [0.3, 0.4) is 0 Å². The van der Waals surface area contributed by atoms with E-state index in [4.69, 9.17) is 23.7 Å². The second-order valence-corrected chi connectivity index (χ2v) is 13.5. The van der Waals surface area contributed by atoms with Crippen molar-refractivity contribution >= 4 is 19.9 Å². The Balaban J connectivity index is 1.38. The lowest BCUT2D eigenvalue weighted by Gasteiger charge is -2.15. The normalized spacial score (nSPS) is 13.9. The Morgan fingerprint density at radius 3 is 1.67 bits per heavy atom. The minimum atomic E-state index is -1.18. The summed E-state index contributed by atoms with van der Waals surface area (Å²) in [4.78, 5) is 25.6. The van der Waals surface area contributed by atoms with Crippen LogP contribution in [0.1, 0.15) is 20.7 Å². The zero-order valence-electron chi connectivity index (χ0n) is 18.2. The molecular weight excluding hydrogens is 406 g/mol. The van der Waals surface area contributed by atoms with E-state index in [1.54, 1.807) is 24.3 Å². The Hall–Kier alpha value is -1.62. The summed E-state index contributed by atoms with van der Waals surface area (Å²) in [6.45, 7) is 10.3. The van der Waals surface area contributed by atoms with E-state index in [0.717, 1.165) is 6.23 Å². The molecule has 0 aromatic heterocycles. The number of fused-ring (bicyclic) bond motifs is 1. The molecule has 0 saturated carbocycles. The van der Waals surface area contributed by atoms with E-state index >= 15 is 0 Å². The Kier molecular flexibility index (Phi) is 10.6. The summed E-state index contributed by atoms with van der Waals surface area (Å²) < 4.78 is 27.1. The zero-order chi connectivity index (χ0) is 21.8. The van der Waals surface area contributed by atoms with Crippen molar-refractivity contribution < 1.29 is 33.3 Å². The van der Waals surface area contributed by atoms with Gasteiger partial charge in [0.1, 0.15) is 6.79 Å². The molecule has 0 bridgehead atoms. The third kappa shape index (κ3) is 8.63. The molecule has 0 atom stereocenters. The lowest BCUT2D eigenvalue weighted by molar-refractivity contribution is -0.0630. The van der Waals surface area contributed by atoms with Crippen LogP contribution in [0.4, 0.5) is 0 Å². The molecular formula is C21H33NO7Si. The molecule has 2 amide bonds. The number of carbonyl (C=O) groups excluding carboxylic acids is 2. The summed E-state index contributed by atoms with van der Waals surface area (Å²) in [5.74, 6) is -0.529. The van der Waals surface area contributed by atoms with E-state index in [9.17, 15) is 9.59 Å². The van der Waals surface area contributed by atoms with Crippen molar-refractivity contribution in [1.82, 2.24) is 4.90 Å². The van der Waals surface area contributed by atoms with E-state index in [0.29, 0.717) is 57.6 Å². The molecule has 0 unspecified atom stereocenters. The highest BCUT2D eigenvalue weighted by Crippen LogP contribution is 2.21. The number of rotatable bonds is 16. The first kappa shape index (κ1) is 24.6. The minimum Gasteiger partial charge on any atom is -0.377 e. The van der Waals surface area contributed by atoms with Crippen molar-refractivity contribution in [3.8, 4) is 0 Å². The largest absolute Gasteiger partial charge is 0.377 e. The molecule has 8 nitrogen and oxygen atoms in total. The molecule has 30 heavy (non-hydrogen) atoms. The summed E-state index contributed by atoms with van der Waals surface area (Å²) in [7, 11) is -1.18. The minimum absolute atomic E-state index is 0.233. The maximum Gasteiger partial charge on any atom is 0.261 e. The summed E-state index contributed by atoms with van der Waals surface area (Å²) >= 11 is 0. The van der Waals surface area contributed by atoms with Gasteiger partial charge in [0.25, 0.3) is 11.8 Å². The van der Waals surface area contributed by atoms with Gasteiger partial charge in [0.2, 0.25) is 0 Å². The van der Waals surface area contributed by atoms with Gasteiger partial charge in [-0.15, -0.1) is 0 Å². The molecule has 9 heteroatoms.